The van der Waals surface area contributed by atoms with Gasteiger partial charge in [-0.25, -0.2) is 4.98 Å². The van der Waals surface area contributed by atoms with Gasteiger partial charge in [-0.2, -0.15) is 0 Å². The maximum Gasteiger partial charge on any atom is 0.230 e. The zero-order chi connectivity index (χ0) is 16.4. The van der Waals surface area contributed by atoms with Crippen LogP contribution in [0.3, 0.4) is 0 Å². The van der Waals surface area contributed by atoms with Crippen molar-refractivity contribution in [2.24, 2.45) is 0 Å². The first kappa shape index (κ1) is 14.9. The Morgan fingerprint density at radius 1 is 1.21 bits per heavy atom. The summed E-state index contributed by atoms with van der Waals surface area (Å²) in [6, 6.07) is 12.0. The highest BCUT2D eigenvalue weighted by Crippen LogP contribution is 2.30. The van der Waals surface area contributed by atoms with Crippen LogP contribution in [0.2, 0.25) is 0 Å². The first-order valence-corrected chi connectivity index (χ1v) is 8.44. The van der Waals surface area contributed by atoms with E-state index in [9.17, 15) is 4.79 Å². The largest absolute Gasteiger partial charge is 0.342 e. The number of nitrogens with one attached hydrogen (secondary N) is 1. The van der Waals surface area contributed by atoms with Crippen molar-refractivity contribution in [3.8, 4) is 0 Å². The second kappa shape index (κ2) is 6.43. The molecule has 3 heterocycles. The predicted octanol–water partition coefficient (Wildman–Crippen LogP) is 3.25. The average molecular weight is 320 g/mol. The molecule has 0 radical (unpaired) electrons. The molecule has 1 aliphatic heterocycles. The van der Waals surface area contributed by atoms with Gasteiger partial charge in [0.15, 0.2) is 0 Å². The second-order valence-corrected chi connectivity index (χ2v) is 6.26. The lowest BCUT2D eigenvalue weighted by Gasteiger charge is -2.35. The van der Waals surface area contributed by atoms with E-state index in [0.29, 0.717) is 6.42 Å². The number of pyridine rings is 1. The van der Waals surface area contributed by atoms with Crippen molar-refractivity contribution in [2.45, 2.75) is 31.7 Å². The number of hydrogen-bond donors (Lipinski definition) is 1. The molecule has 1 atom stereocenters. The van der Waals surface area contributed by atoms with Crippen molar-refractivity contribution in [1.29, 1.82) is 0 Å². The van der Waals surface area contributed by atoms with Gasteiger partial charge in [-0.3, -0.25) is 9.78 Å². The van der Waals surface area contributed by atoms with E-state index >= 15 is 0 Å². The highest BCUT2D eigenvalue weighted by molar-refractivity contribution is 5.81. The van der Waals surface area contributed by atoms with Gasteiger partial charge in [-0.05, 0) is 43.0 Å². The number of nitrogens with zero attached hydrogens (tertiary/aromatic N) is 3. The zero-order valence-electron chi connectivity index (χ0n) is 13.5. The van der Waals surface area contributed by atoms with Gasteiger partial charge in [0, 0.05) is 18.9 Å². The molecule has 0 spiro atoms. The molecule has 1 aromatic carbocycles. The smallest absolute Gasteiger partial charge is 0.230 e. The minimum atomic E-state index is 0.127. The average Bonchev–Trinajstić information content (AvgIpc) is 3.04. The number of carbonyl (C=O) groups is 1. The fourth-order valence-electron chi connectivity index (χ4n) is 3.48. The molecule has 0 bridgehead atoms. The lowest BCUT2D eigenvalue weighted by atomic mass is 9.96. The molecule has 3 aromatic rings. The van der Waals surface area contributed by atoms with E-state index in [2.05, 4.69) is 21.0 Å². The Morgan fingerprint density at radius 2 is 2.12 bits per heavy atom. The Kier molecular flexibility index (Phi) is 3.99. The summed E-state index contributed by atoms with van der Waals surface area (Å²) in [5.41, 5.74) is 3.00. The summed E-state index contributed by atoms with van der Waals surface area (Å²) in [6.45, 7) is 0.804. The van der Waals surface area contributed by atoms with Gasteiger partial charge in [0.1, 0.15) is 5.82 Å². The van der Waals surface area contributed by atoms with E-state index in [1.807, 2.05) is 41.4 Å². The number of aromatic amines is 1. The number of aromatic nitrogens is 3. The standard InChI is InChI=1S/C19H20N4O/c24-19(12-18-21-15-7-1-2-8-16(15)22-18)23-11-4-3-9-17(23)14-6-5-10-20-13-14/h1-2,5-8,10,13,17H,3-4,9,11-12H2,(H,21,22)/t17-/m1/s1. The van der Waals surface area contributed by atoms with Gasteiger partial charge in [0.25, 0.3) is 0 Å². The Morgan fingerprint density at radius 3 is 2.96 bits per heavy atom. The highest BCUT2D eigenvalue weighted by Gasteiger charge is 2.28. The number of H-pyrrole nitrogens is 1. The van der Waals surface area contributed by atoms with Crippen LogP contribution in [0.25, 0.3) is 11.0 Å². The number of amides is 1. The van der Waals surface area contributed by atoms with Crippen molar-refractivity contribution in [3.63, 3.8) is 0 Å². The SMILES string of the molecule is O=C(Cc1nc2ccccc2[nH]1)N1CCCC[C@@H]1c1cccnc1. The molecule has 122 valence electrons. The van der Waals surface area contributed by atoms with Crippen LogP contribution >= 0.6 is 0 Å². The molecule has 5 heteroatoms. The fourth-order valence-corrected chi connectivity index (χ4v) is 3.48. The van der Waals surface area contributed by atoms with E-state index in [0.717, 1.165) is 48.2 Å². The van der Waals surface area contributed by atoms with Crippen LogP contribution in [0, 0.1) is 0 Å². The van der Waals surface area contributed by atoms with E-state index in [1.165, 1.54) is 0 Å². The van der Waals surface area contributed by atoms with Crippen molar-refractivity contribution in [2.75, 3.05) is 6.54 Å². The number of likely N-dealkylation sites (tertiary alicyclic amines) is 1. The molecule has 1 amide bonds. The summed E-state index contributed by atoms with van der Waals surface area (Å²) < 4.78 is 0. The van der Waals surface area contributed by atoms with Crippen molar-refractivity contribution >= 4 is 16.9 Å². The molecule has 0 aliphatic carbocycles. The van der Waals surface area contributed by atoms with Crippen molar-refractivity contribution < 1.29 is 4.79 Å². The Hall–Kier alpha value is -2.69. The quantitative estimate of drug-likeness (QED) is 0.806. The molecule has 1 saturated heterocycles. The lowest BCUT2D eigenvalue weighted by Crippen LogP contribution is -2.39. The Bertz CT molecular complexity index is 810. The normalized spacial score (nSPS) is 18.0. The number of rotatable bonds is 3. The zero-order valence-corrected chi connectivity index (χ0v) is 13.5. The van der Waals surface area contributed by atoms with Gasteiger partial charge < -0.3 is 9.88 Å². The number of hydrogen-bond acceptors (Lipinski definition) is 3. The number of benzene rings is 1. The van der Waals surface area contributed by atoms with Gasteiger partial charge in [0.05, 0.1) is 23.5 Å². The Balaban J connectivity index is 1.55. The van der Waals surface area contributed by atoms with Gasteiger partial charge in [-0.1, -0.05) is 18.2 Å². The van der Waals surface area contributed by atoms with Crippen molar-refractivity contribution in [1.82, 2.24) is 19.9 Å². The minimum Gasteiger partial charge on any atom is -0.342 e. The monoisotopic (exact) mass is 320 g/mol. The number of imidazole rings is 1. The first-order chi connectivity index (χ1) is 11.8. The summed E-state index contributed by atoms with van der Waals surface area (Å²) >= 11 is 0. The summed E-state index contributed by atoms with van der Waals surface area (Å²) in [6.07, 6.45) is 7.16. The molecule has 4 rings (SSSR count). The van der Waals surface area contributed by atoms with Crippen LogP contribution in [0.15, 0.2) is 48.8 Å². The van der Waals surface area contributed by atoms with Crippen LogP contribution in [0.4, 0.5) is 0 Å². The molecular formula is C19H20N4O. The lowest BCUT2D eigenvalue weighted by molar-refractivity contribution is -0.134. The van der Waals surface area contributed by atoms with Crippen LogP contribution in [-0.4, -0.2) is 32.3 Å². The van der Waals surface area contributed by atoms with E-state index in [1.54, 1.807) is 6.20 Å². The van der Waals surface area contributed by atoms with Crippen LogP contribution in [0.1, 0.15) is 36.7 Å². The van der Waals surface area contributed by atoms with E-state index in [4.69, 9.17) is 0 Å². The summed E-state index contributed by atoms with van der Waals surface area (Å²) in [5.74, 6) is 0.860. The third kappa shape index (κ3) is 2.89. The van der Waals surface area contributed by atoms with E-state index in [-0.39, 0.29) is 11.9 Å². The van der Waals surface area contributed by atoms with Crippen LogP contribution < -0.4 is 0 Å². The molecule has 5 nitrogen and oxygen atoms in total. The predicted molar refractivity (Wildman–Crippen MR) is 92.3 cm³/mol. The molecular weight excluding hydrogens is 300 g/mol. The maximum atomic E-state index is 12.9. The fraction of sp³-hybridized carbons (Fsp3) is 0.316. The third-order valence-corrected chi connectivity index (χ3v) is 4.65. The molecule has 0 unspecified atom stereocenters. The molecule has 24 heavy (non-hydrogen) atoms. The van der Waals surface area contributed by atoms with Gasteiger partial charge >= 0.3 is 0 Å². The van der Waals surface area contributed by atoms with E-state index < -0.39 is 0 Å². The highest BCUT2D eigenvalue weighted by atomic mass is 16.2. The minimum absolute atomic E-state index is 0.127. The molecule has 2 aromatic heterocycles. The third-order valence-electron chi connectivity index (χ3n) is 4.65. The van der Waals surface area contributed by atoms with Crippen LogP contribution in [0.5, 0.6) is 0 Å². The summed E-state index contributed by atoms with van der Waals surface area (Å²) in [5, 5.41) is 0. The summed E-state index contributed by atoms with van der Waals surface area (Å²) in [7, 11) is 0. The first-order valence-electron chi connectivity index (χ1n) is 8.44. The number of para-hydroxylation sites is 2. The second-order valence-electron chi connectivity index (χ2n) is 6.26. The maximum absolute atomic E-state index is 12.9. The molecule has 1 aliphatic rings. The van der Waals surface area contributed by atoms with Crippen molar-refractivity contribution in [3.05, 3.63) is 60.2 Å². The number of fused-ring (bicyclic) bond motifs is 1. The van der Waals surface area contributed by atoms with Gasteiger partial charge in [-0.15, -0.1) is 0 Å². The summed E-state index contributed by atoms with van der Waals surface area (Å²) in [4.78, 5) is 26.9. The van der Waals surface area contributed by atoms with Crippen LogP contribution in [-0.2, 0) is 11.2 Å². The Labute approximate surface area is 140 Å². The number of carbonyl (C=O) groups excluding carboxylic acids is 1. The molecule has 0 saturated carbocycles. The van der Waals surface area contributed by atoms with Gasteiger partial charge in [0.2, 0.25) is 5.91 Å². The molecule has 1 fully saturated rings. The molecule has 1 N–H and O–H groups in total. The number of piperidine rings is 1. The topological polar surface area (TPSA) is 61.9 Å².